The minimum Gasteiger partial charge on any atom is -0.383 e. The highest BCUT2D eigenvalue weighted by Gasteiger charge is 2.25. The number of nitrogens with zero attached hydrogens (tertiary/aromatic N) is 3. The number of hydrogen-bond donors (Lipinski definition) is 1. The largest absolute Gasteiger partial charge is 0.383 e. The predicted molar refractivity (Wildman–Crippen MR) is 118 cm³/mol. The first-order valence-corrected chi connectivity index (χ1v) is 8.92. The lowest BCUT2D eigenvalue weighted by atomic mass is 10.0. The highest BCUT2D eigenvalue weighted by Crippen LogP contribution is 2.24. The van der Waals surface area contributed by atoms with E-state index in [1.807, 2.05) is 12.1 Å². The van der Waals surface area contributed by atoms with Crippen LogP contribution in [0.3, 0.4) is 0 Å². The monoisotopic (exact) mass is 490 g/mol. The van der Waals surface area contributed by atoms with E-state index in [0.29, 0.717) is 26.3 Å². The van der Waals surface area contributed by atoms with E-state index in [-0.39, 0.29) is 42.5 Å². The molecule has 1 heterocycles. The molecule has 1 aromatic rings. The summed E-state index contributed by atoms with van der Waals surface area (Å²) in [5.41, 5.74) is 2.41. The summed E-state index contributed by atoms with van der Waals surface area (Å²) in [7, 11) is 5.13. The van der Waals surface area contributed by atoms with E-state index >= 15 is 0 Å². The SMILES string of the molecule is COCCNC(=NCC(=O)N(C)C)N1CCOC(c2ccccc2C)C1.I. The van der Waals surface area contributed by atoms with Gasteiger partial charge in [0.25, 0.3) is 0 Å². The fraction of sp³-hybridized carbons (Fsp3) is 0.579. The van der Waals surface area contributed by atoms with Gasteiger partial charge in [-0.25, -0.2) is 4.99 Å². The summed E-state index contributed by atoms with van der Waals surface area (Å²) in [4.78, 5) is 20.1. The molecule has 1 aliphatic rings. The first kappa shape index (κ1) is 23.6. The van der Waals surface area contributed by atoms with Gasteiger partial charge in [-0.3, -0.25) is 4.79 Å². The number of hydrogen-bond acceptors (Lipinski definition) is 4. The van der Waals surface area contributed by atoms with Crippen molar-refractivity contribution in [2.75, 3.05) is 60.6 Å². The van der Waals surface area contributed by atoms with E-state index in [9.17, 15) is 4.79 Å². The summed E-state index contributed by atoms with van der Waals surface area (Å²) in [6.07, 6.45) is -0.0103. The number of morpholine rings is 1. The van der Waals surface area contributed by atoms with E-state index in [4.69, 9.17) is 9.47 Å². The molecule has 1 aliphatic heterocycles. The third kappa shape index (κ3) is 7.27. The van der Waals surface area contributed by atoms with Crippen molar-refractivity contribution in [1.82, 2.24) is 15.1 Å². The molecule has 0 spiro atoms. The highest BCUT2D eigenvalue weighted by atomic mass is 127. The summed E-state index contributed by atoms with van der Waals surface area (Å²) in [6, 6.07) is 8.27. The third-order valence-electron chi connectivity index (χ3n) is 4.35. The molecule has 0 bridgehead atoms. The lowest BCUT2D eigenvalue weighted by molar-refractivity contribution is -0.127. The number of methoxy groups -OCH3 is 1. The van der Waals surface area contributed by atoms with Gasteiger partial charge in [0.05, 0.1) is 19.8 Å². The average molecular weight is 490 g/mol. The van der Waals surface area contributed by atoms with Crippen LogP contribution in [0.25, 0.3) is 0 Å². The molecule has 8 heteroatoms. The molecule has 7 nitrogen and oxygen atoms in total. The molecule has 1 fully saturated rings. The number of benzene rings is 1. The van der Waals surface area contributed by atoms with Gasteiger partial charge in [-0.1, -0.05) is 24.3 Å². The van der Waals surface area contributed by atoms with Crippen molar-refractivity contribution < 1.29 is 14.3 Å². The molecule has 1 N–H and O–H groups in total. The Kier molecular flexibility index (Phi) is 10.6. The molecule has 152 valence electrons. The second kappa shape index (κ2) is 12.1. The molecule has 1 atom stereocenters. The third-order valence-corrected chi connectivity index (χ3v) is 4.35. The number of likely N-dealkylation sites (N-methyl/N-ethyl adjacent to an activating group) is 1. The smallest absolute Gasteiger partial charge is 0.243 e. The van der Waals surface area contributed by atoms with Gasteiger partial charge in [0.15, 0.2) is 5.96 Å². The summed E-state index contributed by atoms with van der Waals surface area (Å²) >= 11 is 0. The predicted octanol–water partition coefficient (Wildman–Crippen LogP) is 1.67. The molecule has 0 aromatic heterocycles. The Balaban J connectivity index is 0.00000364. The summed E-state index contributed by atoms with van der Waals surface area (Å²) in [5, 5.41) is 3.30. The molecule has 2 rings (SSSR count). The number of rotatable bonds is 6. The molecular weight excluding hydrogens is 459 g/mol. The van der Waals surface area contributed by atoms with E-state index < -0.39 is 0 Å². The van der Waals surface area contributed by atoms with Crippen LogP contribution >= 0.6 is 24.0 Å². The molecule has 0 aliphatic carbocycles. The fourth-order valence-electron chi connectivity index (χ4n) is 2.79. The van der Waals surface area contributed by atoms with E-state index in [1.165, 1.54) is 11.1 Å². The minimum atomic E-state index is -0.0280. The van der Waals surface area contributed by atoms with E-state index in [2.05, 4.69) is 34.3 Å². The number of carbonyl (C=O) groups is 1. The van der Waals surface area contributed by atoms with Gasteiger partial charge in [-0.2, -0.15) is 0 Å². The van der Waals surface area contributed by atoms with Crippen LogP contribution in [-0.2, 0) is 14.3 Å². The standard InChI is InChI=1S/C19H30N4O3.HI/c1-15-7-5-6-8-16(15)17-14-23(10-12-26-17)19(20-9-11-25-4)21-13-18(24)22(2)3;/h5-8,17H,9-14H2,1-4H3,(H,20,21);1H. The first-order valence-electron chi connectivity index (χ1n) is 8.92. The number of nitrogens with one attached hydrogen (secondary N) is 1. The Morgan fingerprint density at radius 3 is 2.81 bits per heavy atom. The normalized spacial score (nSPS) is 17.3. The van der Waals surface area contributed by atoms with Crippen molar-refractivity contribution in [1.29, 1.82) is 0 Å². The molecule has 27 heavy (non-hydrogen) atoms. The van der Waals surface area contributed by atoms with Crippen LogP contribution in [0.15, 0.2) is 29.3 Å². The Hall–Kier alpha value is -1.39. The fourth-order valence-corrected chi connectivity index (χ4v) is 2.79. The molecule has 1 saturated heterocycles. The number of guanidine groups is 1. The van der Waals surface area contributed by atoms with Crippen LogP contribution in [0.2, 0.25) is 0 Å². The van der Waals surface area contributed by atoms with Crippen LogP contribution in [0.5, 0.6) is 0 Å². The van der Waals surface area contributed by atoms with Crippen molar-refractivity contribution in [2.24, 2.45) is 4.99 Å². The second-order valence-corrected chi connectivity index (χ2v) is 6.51. The zero-order valence-electron chi connectivity index (χ0n) is 16.6. The number of aryl methyl sites for hydroxylation is 1. The summed E-state index contributed by atoms with van der Waals surface area (Å²) in [6.45, 7) is 5.47. The van der Waals surface area contributed by atoms with Crippen molar-refractivity contribution in [2.45, 2.75) is 13.0 Å². The Morgan fingerprint density at radius 2 is 2.15 bits per heavy atom. The zero-order chi connectivity index (χ0) is 18.9. The van der Waals surface area contributed by atoms with Gasteiger partial charge in [-0.05, 0) is 18.1 Å². The van der Waals surface area contributed by atoms with Gasteiger partial charge < -0.3 is 24.6 Å². The van der Waals surface area contributed by atoms with Crippen molar-refractivity contribution in [3.63, 3.8) is 0 Å². The van der Waals surface area contributed by atoms with Crippen molar-refractivity contribution >= 4 is 35.8 Å². The summed E-state index contributed by atoms with van der Waals surface area (Å²) in [5.74, 6) is 0.693. The maximum absolute atomic E-state index is 11.9. The number of amides is 1. The van der Waals surface area contributed by atoms with Crippen molar-refractivity contribution in [3.8, 4) is 0 Å². The molecule has 1 unspecified atom stereocenters. The lowest BCUT2D eigenvalue weighted by Crippen LogP contribution is -2.49. The average Bonchev–Trinajstić information content (AvgIpc) is 2.64. The quantitative estimate of drug-likeness (QED) is 0.285. The molecule has 1 aromatic carbocycles. The topological polar surface area (TPSA) is 66.4 Å². The van der Waals surface area contributed by atoms with E-state index in [1.54, 1.807) is 26.1 Å². The first-order chi connectivity index (χ1) is 12.5. The van der Waals surface area contributed by atoms with Gasteiger partial charge >= 0.3 is 0 Å². The summed E-state index contributed by atoms with van der Waals surface area (Å²) < 4.78 is 11.1. The van der Waals surface area contributed by atoms with Gasteiger partial charge in [0.2, 0.25) is 5.91 Å². The lowest BCUT2D eigenvalue weighted by Gasteiger charge is -2.36. The minimum absolute atomic E-state index is 0. The number of aliphatic imine (C=N–C) groups is 1. The van der Waals surface area contributed by atoms with Crippen LogP contribution in [0.4, 0.5) is 0 Å². The number of halogens is 1. The van der Waals surface area contributed by atoms with Crippen LogP contribution in [-0.4, -0.2) is 82.3 Å². The highest BCUT2D eigenvalue weighted by molar-refractivity contribution is 14.0. The molecule has 0 saturated carbocycles. The molecular formula is C19H31IN4O3. The van der Waals surface area contributed by atoms with Gasteiger partial charge in [0, 0.05) is 34.3 Å². The Morgan fingerprint density at radius 1 is 1.41 bits per heavy atom. The van der Waals surface area contributed by atoms with Crippen LogP contribution in [0, 0.1) is 6.92 Å². The Bertz CT molecular complexity index is 625. The van der Waals surface area contributed by atoms with Crippen molar-refractivity contribution in [3.05, 3.63) is 35.4 Å². The molecule has 1 amide bonds. The number of ether oxygens (including phenoxy) is 2. The van der Waals surface area contributed by atoms with Crippen LogP contribution < -0.4 is 5.32 Å². The Labute approximate surface area is 179 Å². The maximum Gasteiger partial charge on any atom is 0.243 e. The number of carbonyl (C=O) groups excluding carboxylic acids is 1. The zero-order valence-corrected chi connectivity index (χ0v) is 18.9. The maximum atomic E-state index is 11.9. The van der Waals surface area contributed by atoms with E-state index in [0.717, 1.165) is 12.5 Å². The van der Waals surface area contributed by atoms with Crippen LogP contribution in [0.1, 0.15) is 17.2 Å². The second-order valence-electron chi connectivity index (χ2n) is 6.51. The van der Waals surface area contributed by atoms with Gasteiger partial charge in [0.1, 0.15) is 12.6 Å². The molecule has 0 radical (unpaired) electrons. The van der Waals surface area contributed by atoms with Gasteiger partial charge in [-0.15, -0.1) is 24.0 Å².